The predicted octanol–water partition coefficient (Wildman–Crippen LogP) is 4.84. The van der Waals surface area contributed by atoms with Crippen molar-refractivity contribution >= 4 is 29.4 Å². The van der Waals surface area contributed by atoms with Crippen LogP contribution in [0.1, 0.15) is 92.1 Å². The Hall–Kier alpha value is -4.33. The molecule has 1 aromatic rings. The molecule has 54 heavy (non-hydrogen) atoms. The van der Waals surface area contributed by atoms with Crippen LogP contribution in [0.15, 0.2) is 65.3 Å². The first-order chi connectivity index (χ1) is 25.7. The SMILES string of the molecule is CNC(=O)CCCOc1ccc(/C(C)=N/NC(=O)C[C@@H]2C[C@@]3(CO3)C[C@@H](/C=C/C(C)=C/C[C@@H]3O[C@H](C)[C@H](NC(=O)/C=C\[C@H](C)OC(C)=O)C[C@@H]3C)O2)cc1. The maximum absolute atomic E-state index is 12.9. The van der Waals surface area contributed by atoms with Crippen LogP contribution in [0.2, 0.25) is 0 Å². The number of allylic oxidation sites excluding steroid dienone is 2. The van der Waals surface area contributed by atoms with E-state index in [4.69, 9.17) is 23.7 Å². The molecule has 1 spiro atoms. The van der Waals surface area contributed by atoms with E-state index in [1.165, 1.54) is 13.0 Å². The fourth-order valence-electron chi connectivity index (χ4n) is 6.68. The molecule has 3 saturated heterocycles. The summed E-state index contributed by atoms with van der Waals surface area (Å²) in [6, 6.07) is 7.32. The van der Waals surface area contributed by atoms with Crippen LogP contribution in [0, 0.1) is 5.92 Å². The van der Waals surface area contributed by atoms with Gasteiger partial charge in [-0.15, -0.1) is 0 Å². The molecule has 3 amide bonds. The number of hydrazone groups is 1. The highest BCUT2D eigenvalue weighted by Gasteiger charge is 2.51. The van der Waals surface area contributed by atoms with Gasteiger partial charge in [0.2, 0.25) is 17.7 Å². The zero-order valence-electron chi connectivity index (χ0n) is 32.7. The Morgan fingerprint density at radius 2 is 1.78 bits per heavy atom. The van der Waals surface area contributed by atoms with Gasteiger partial charge in [0.05, 0.1) is 61.4 Å². The molecule has 3 N–H and O–H groups in total. The van der Waals surface area contributed by atoms with E-state index >= 15 is 0 Å². The second kappa shape index (κ2) is 20.4. The number of amides is 3. The van der Waals surface area contributed by atoms with E-state index in [0.29, 0.717) is 43.9 Å². The molecule has 0 bridgehead atoms. The van der Waals surface area contributed by atoms with E-state index in [1.807, 2.05) is 51.1 Å². The monoisotopic (exact) mass is 750 g/mol. The van der Waals surface area contributed by atoms with Crippen LogP contribution >= 0.6 is 0 Å². The number of hydrogen-bond donors (Lipinski definition) is 3. The largest absolute Gasteiger partial charge is 0.494 e. The van der Waals surface area contributed by atoms with Crippen molar-refractivity contribution in [2.75, 3.05) is 20.3 Å². The molecule has 13 heteroatoms. The van der Waals surface area contributed by atoms with Crippen molar-refractivity contribution in [1.82, 2.24) is 16.1 Å². The molecule has 0 aromatic heterocycles. The highest BCUT2D eigenvalue weighted by molar-refractivity contribution is 5.99. The number of hydrogen-bond acceptors (Lipinski definition) is 10. The first-order valence-corrected chi connectivity index (χ1v) is 19.0. The summed E-state index contributed by atoms with van der Waals surface area (Å²) in [6.45, 7) is 12.1. The van der Waals surface area contributed by atoms with E-state index in [1.54, 1.807) is 20.0 Å². The minimum absolute atomic E-state index is 0.0115. The number of rotatable bonds is 17. The van der Waals surface area contributed by atoms with Crippen molar-refractivity contribution < 1.29 is 42.9 Å². The standard InChI is InChI=1S/C41H58N4O9/c1-26(11-18-37-27(2)21-36(30(5)53-37)43-39(48)19-12-28(3)52-31(6)46)10-15-34-23-41(25-51-41)24-35(54-34)22-40(49)45-44-29(4)32-13-16-33(17-14-32)50-20-8-9-38(47)42-7/h10-17,19,27-28,30,34-37H,8-9,18,20-25H2,1-7H3,(H,42,47)(H,43,48)(H,45,49)/b15-10+,19-12-,26-11+,44-29+/t27-,28-,30+,34+,35+,36+,37-,41+/m0/s1. The average Bonchev–Trinajstić information content (AvgIpc) is 3.88. The lowest BCUT2D eigenvalue weighted by Gasteiger charge is -2.39. The number of benzene rings is 1. The number of epoxide rings is 1. The zero-order chi connectivity index (χ0) is 39.3. The van der Waals surface area contributed by atoms with E-state index in [0.717, 1.165) is 30.4 Å². The summed E-state index contributed by atoms with van der Waals surface area (Å²) in [5, 5.41) is 9.93. The molecule has 3 heterocycles. The smallest absolute Gasteiger partial charge is 0.303 e. The minimum atomic E-state index is -0.477. The third-order valence-electron chi connectivity index (χ3n) is 9.88. The van der Waals surface area contributed by atoms with Crippen LogP contribution in [0.4, 0.5) is 0 Å². The third kappa shape index (κ3) is 14.1. The van der Waals surface area contributed by atoms with Crippen LogP contribution in [-0.4, -0.2) is 91.8 Å². The second-order valence-electron chi connectivity index (χ2n) is 14.7. The van der Waals surface area contributed by atoms with Crippen molar-refractivity contribution in [1.29, 1.82) is 0 Å². The highest BCUT2D eigenvalue weighted by atomic mass is 16.6. The Morgan fingerprint density at radius 3 is 2.46 bits per heavy atom. The van der Waals surface area contributed by atoms with Crippen molar-refractivity contribution in [3.63, 3.8) is 0 Å². The quantitative estimate of drug-likeness (QED) is 0.0384. The van der Waals surface area contributed by atoms with Gasteiger partial charge in [0.1, 0.15) is 11.9 Å². The molecule has 4 rings (SSSR count). The van der Waals surface area contributed by atoms with Gasteiger partial charge in [-0.05, 0) is 88.8 Å². The van der Waals surface area contributed by atoms with Crippen molar-refractivity contribution in [3.05, 3.63) is 65.8 Å². The fraction of sp³-hybridized carbons (Fsp3) is 0.585. The molecule has 8 atom stereocenters. The number of ether oxygens (including phenoxy) is 5. The Bertz CT molecular complexity index is 1570. The molecular formula is C41H58N4O9. The van der Waals surface area contributed by atoms with Gasteiger partial charge >= 0.3 is 5.97 Å². The Kier molecular flexibility index (Phi) is 16.0. The number of nitrogens with one attached hydrogen (secondary N) is 3. The highest BCUT2D eigenvalue weighted by Crippen LogP contribution is 2.43. The van der Waals surface area contributed by atoms with Gasteiger partial charge in [-0.3, -0.25) is 19.2 Å². The molecule has 0 aliphatic carbocycles. The van der Waals surface area contributed by atoms with E-state index in [9.17, 15) is 19.2 Å². The van der Waals surface area contributed by atoms with Crippen molar-refractivity contribution in [2.45, 2.75) is 129 Å². The first-order valence-electron chi connectivity index (χ1n) is 19.0. The normalized spacial score (nSPS) is 27.8. The van der Waals surface area contributed by atoms with Crippen LogP contribution in [0.5, 0.6) is 5.75 Å². The van der Waals surface area contributed by atoms with Crippen LogP contribution in [0.25, 0.3) is 0 Å². The maximum atomic E-state index is 12.9. The minimum Gasteiger partial charge on any atom is -0.494 e. The van der Waals surface area contributed by atoms with Crippen molar-refractivity contribution in [2.24, 2.45) is 11.0 Å². The Balaban J connectivity index is 1.21. The second-order valence-corrected chi connectivity index (χ2v) is 14.7. The summed E-state index contributed by atoms with van der Waals surface area (Å²) in [7, 11) is 1.62. The van der Waals surface area contributed by atoms with Gasteiger partial charge in [0.25, 0.3) is 0 Å². The molecule has 1 aromatic carbocycles. The summed E-state index contributed by atoms with van der Waals surface area (Å²) >= 11 is 0. The lowest BCUT2D eigenvalue weighted by atomic mass is 9.88. The number of carbonyl (C=O) groups is 4. The Morgan fingerprint density at radius 1 is 1.04 bits per heavy atom. The van der Waals surface area contributed by atoms with E-state index in [2.05, 4.69) is 40.2 Å². The van der Waals surface area contributed by atoms with Crippen LogP contribution in [-0.2, 0) is 38.1 Å². The van der Waals surface area contributed by atoms with Gasteiger partial charge in [-0.1, -0.05) is 30.7 Å². The van der Waals surface area contributed by atoms with Gasteiger partial charge < -0.3 is 34.3 Å². The molecule has 3 fully saturated rings. The summed E-state index contributed by atoms with van der Waals surface area (Å²) in [5.41, 5.74) is 5.03. The number of nitrogens with zero attached hydrogens (tertiary/aromatic N) is 1. The fourth-order valence-corrected chi connectivity index (χ4v) is 6.68. The third-order valence-corrected chi connectivity index (χ3v) is 9.88. The molecule has 3 aliphatic heterocycles. The average molecular weight is 751 g/mol. The topological polar surface area (TPSA) is 166 Å². The predicted molar refractivity (Wildman–Crippen MR) is 205 cm³/mol. The van der Waals surface area contributed by atoms with E-state index < -0.39 is 12.1 Å². The van der Waals surface area contributed by atoms with Crippen LogP contribution in [0.3, 0.4) is 0 Å². The van der Waals surface area contributed by atoms with Crippen LogP contribution < -0.4 is 20.8 Å². The molecule has 296 valence electrons. The van der Waals surface area contributed by atoms with Gasteiger partial charge in [-0.25, -0.2) is 5.43 Å². The lowest BCUT2D eigenvalue weighted by molar-refractivity contribution is -0.143. The molecule has 3 aliphatic rings. The maximum Gasteiger partial charge on any atom is 0.303 e. The number of carbonyl (C=O) groups excluding carboxylic acids is 4. The molecule has 0 radical (unpaired) electrons. The molecule has 0 unspecified atom stereocenters. The summed E-state index contributed by atoms with van der Waals surface area (Å²) in [6.07, 6.45) is 12.3. The van der Waals surface area contributed by atoms with Gasteiger partial charge in [0.15, 0.2) is 0 Å². The zero-order valence-corrected chi connectivity index (χ0v) is 32.7. The van der Waals surface area contributed by atoms with Gasteiger partial charge in [0, 0.05) is 39.3 Å². The molecular weight excluding hydrogens is 692 g/mol. The Labute approximate surface area is 319 Å². The van der Waals surface area contributed by atoms with Gasteiger partial charge in [-0.2, -0.15) is 5.10 Å². The summed E-state index contributed by atoms with van der Waals surface area (Å²) < 4.78 is 29.2. The lowest BCUT2D eigenvalue weighted by Crippen LogP contribution is -2.50. The summed E-state index contributed by atoms with van der Waals surface area (Å²) in [5.74, 6) is 0.0580. The molecule has 0 saturated carbocycles. The summed E-state index contributed by atoms with van der Waals surface area (Å²) in [4.78, 5) is 47.8. The van der Waals surface area contributed by atoms with Crippen molar-refractivity contribution in [3.8, 4) is 5.75 Å². The number of esters is 1. The first kappa shape index (κ1) is 42.4. The molecule has 13 nitrogen and oxygen atoms in total. The van der Waals surface area contributed by atoms with E-state index in [-0.39, 0.29) is 66.1 Å².